The van der Waals surface area contributed by atoms with E-state index in [2.05, 4.69) is 17.1 Å². The van der Waals surface area contributed by atoms with E-state index in [1.165, 1.54) is 32.4 Å². The Morgan fingerprint density at radius 1 is 1.32 bits per heavy atom. The van der Waals surface area contributed by atoms with Gasteiger partial charge in [-0.25, -0.2) is 4.39 Å². The zero-order valence-corrected chi connectivity index (χ0v) is 11.6. The Bertz CT molecular complexity index is 435. The van der Waals surface area contributed by atoms with Crippen LogP contribution in [0, 0.1) is 5.82 Å². The first-order chi connectivity index (χ1) is 9.24. The second-order valence-corrected chi connectivity index (χ2v) is 6.00. The fraction of sp³-hybridized carbons (Fsp3) is 0.625. The number of nitrogens with zero attached hydrogens (tertiary/aromatic N) is 1. The maximum atomic E-state index is 13.6. The molecule has 1 N–H and O–H groups in total. The predicted molar refractivity (Wildman–Crippen MR) is 75.7 cm³/mol. The molecule has 0 spiro atoms. The lowest BCUT2D eigenvalue weighted by atomic mass is 10.0. The Kier molecular flexibility index (Phi) is 3.85. The molecule has 2 nitrogen and oxygen atoms in total. The maximum absolute atomic E-state index is 13.6. The molecule has 0 aromatic heterocycles. The van der Waals surface area contributed by atoms with Crippen LogP contribution in [0.15, 0.2) is 24.3 Å². The number of hydrogen-bond acceptors (Lipinski definition) is 2. The fourth-order valence-corrected chi connectivity index (χ4v) is 3.70. The molecule has 2 aliphatic rings. The number of halogens is 1. The van der Waals surface area contributed by atoms with Crippen LogP contribution < -0.4 is 5.32 Å². The largest absolute Gasteiger partial charge is 0.310 e. The minimum atomic E-state index is -0.0786. The minimum Gasteiger partial charge on any atom is -0.310 e. The van der Waals surface area contributed by atoms with Gasteiger partial charge in [-0.3, -0.25) is 4.90 Å². The lowest BCUT2D eigenvalue weighted by molar-refractivity contribution is 0.290. The van der Waals surface area contributed by atoms with E-state index >= 15 is 0 Å². The summed E-state index contributed by atoms with van der Waals surface area (Å²) in [5.74, 6) is -0.0786. The van der Waals surface area contributed by atoms with Gasteiger partial charge in [0.1, 0.15) is 5.82 Å². The summed E-state index contributed by atoms with van der Waals surface area (Å²) in [5, 5.41) is 3.72. The minimum absolute atomic E-state index is 0.0786. The highest BCUT2D eigenvalue weighted by molar-refractivity contribution is 5.18. The Morgan fingerprint density at radius 3 is 3.00 bits per heavy atom. The first-order valence-corrected chi connectivity index (χ1v) is 7.47. The highest BCUT2D eigenvalue weighted by atomic mass is 19.1. The summed E-state index contributed by atoms with van der Waals surface area (Å²) >= 11 is 0. The van der Waals surface area contributed by atoms with Crippen molar-refractivity contribution in [2.24, 2.45) is 0 Å². The summed E-state index contributed by atoms with van der Waals surface area (Å²) in [6.07, 6.45) is 4.68. The molecule has 19 heavy (non-hydrogen) atoms. The van der Waals surface area contributed by atoms with Gasteiger partial charge in [-0.2, -0.15) is 0 Å². The third-order valence-electron chi connectivity index (χ3n) is 4.59. The first kappa shape index (κ1) is 13.1. The molecular formula is C16H23FN2. The molecule has 104 valence electrons. The van der Waals surface area contributed by atoms with Crippen molar-refractivity contribution in [2.45, 2.75) is 50.7 Å². The summed E-state index contributed by atoms with van der Waals surface area (Å²) in [6, 6.07) is 8.78. The molecule has 1 aromatic rings. The quantitative estimate of drug-likeness (QED) is 0.897. The molecule has 3 atom stereocenters. The lowest BCUT2D eigenvalue weighted by Gasteiger charge is -2.25. The molecule has 2 fully saturated rings. The fourth-order valence-electron chi connectivity index (χ4n) is 3.70. The second-order valence-electron chi connectivity index (χ2n) is 6.00. The van der Waals surface area contributed by atoms with Crippen molar-refractivity contribution in [3.05, 3.63) is 35.6 Å². The van der Waals surface area contributed by atoms with Crippen LogP contribution in [0.1, 0.15) is 31.7 Å². The Balaban J connectivity index is 1.57. The van der Waals surface area contributed by atoms with Crippen molar-refractivity contribution in [3.8, 4) is 0 Å². The molecule has 3 unspecified atom stereocenters. The van der Waals surface area contributed by atoms with Gasteiger partial charge in [0, 0.05) is 24.7 Å². The molecule has 0 radical (unpaired) electrons. The van der Waals surface area contributed by atoms with E-state index in [0.717, 1.165) is 18.0 Å². The van der Waals surface area contributed by atoms with Crippen LogP contribution in [0.4, 0.5) is 4.39 Å². The molecule has 1 aromatic carbocycles. The standard InChI is InChI=1S/C16H23FN2/c1-12(11-13-5-2-3-6-14(13)17)18-15-8-10-19-9-4-7-16(15)19/h2-3,5-6,12,15-16,18H,4,7-11H2,1H3. The van der Waals surface area contributed by atoms with Gasteiger partial charge in [0.25, 0.3) is 0 Å². The number of nitrogens with one attached hydrogen (secondary N) is 1. The summed E-state index contributed by atoms with van der Waals surface area (Å²) in [5.41, 5.74) is 0.823. The van der Waals surface area contributed by atoms with Crippen LogP contribution in [-0.4, -0.2) is 36.1 Å². The van der Waals surface area contributed by atoms with Crippen LogP contribution in [-0.2, 0) is 6.42 Å². The van der Waals surface area contributed by atoms with Gasteiger partial charge in [0.15, 0.2) is 0 Å². The van der Waals surface area contributed by atoms with E-state index in [-0.39, 0.29) is 5.82 Å². The summed E-state index contributed by atoms with van der Waals surface area (Å²) in [6.45, 7) is 4.67. The van der Waals surface area contributed by atoms with Crippen LogP contribution in [0.3, 0.4) is 0 Å². The molecular weight excluding hydrogens is 239 g/mol. The van der Waals surface area contributed by atoms with E-state index < -0.39 is 0 Å². The van der Waals surface area contributed by atoms with Gasteiger partial charge in [0.2, 0.25) is 0 Å². The van der Waals surface area contributed by atoms with Crippen LogP contribution in [0.25, 0.3) is 0 Å². The summed E-state index contributed by atoms with van der Waals surface area (Å²) < 4.78 is 13.6. The molecule has 0 aliphatic carbocycles. The van der Waals surface area contributed by atoms with E-state index in [4.69, 9.17) is 0 Å². The zero-order chi connectivity index (χ0) is 13.2. The van der Waals surface area contributed by atoms with Crippen molar-refractivity contribution in [1.29, 1.82) is 0 Å². The number of benzene rings is 1. The first-order valence-electron chi connectivity index (χ1n) is 7.47. The third-order valence-corrected chi connectivity index (χ3v) is 4.59. The van der Waals surface area contributed by atoms with E-state index in [9.17, 15) is 4.39 Å². The van der Waals surface area contributed by atoms with Gasteiger partial charge >= 0.3 is 0 Å². The van der Waals surface area contributed by atoms with Crippen LogP contribution in [0.2, 0.25) is 0 Å². The van der Waals surface area contributed by atoms with Crippen molar-refractivity contribution >= 4 is 0 Å². The smallest absolute Gasteiger partial charge is 0.126 e. The molecule has 0 saturated carbocycles. The Morgan fingerprint density at radius 2 is 2.16 bits per heavy atom. The summed E-state index contributed by atoms with van der Waals surface area (Å²) in [4.78, 5) is 2.60. The van der Waals surface area contributed by atoms with Gasteiger partial charge in [-0.15, -0.1) is 0 Å². The molecule has 2 saturated heterocycles. The Hall–Kier alpha value is -0.930. The van der Waals surface area contributed by atoms with E-state index in [1.54, 1.807) is 12.1 Å². The molecule has 2 heterocycles. The van der Waals surface area contributed by atoms with E-state index in [0.29, 0.717) is 12.1 Å². The van der Waals surface area contributed by atoms with Gasteiger partial charge in [0.05, 0.1) is 0 Å². The molecule has 0 amide bonds. The van der Waals surface area contributed by atoms with Crippen molar-refractivity contribution in [1.82, 2.24) is 10.2 Å². The number of fused-ring (bicyclic) bond motifs is 1. The molecule has 3 rings (SSSR count). The molecule has 2 aliphatic heterocycles. The van der Waals surface area contributed by atoms with Crippen LogP contribution >= 0.6 is 0 Å². The highest BCUT2D eigenvalue weighted by Crippen LogP contribution is 2.28. The van der Waals surface area contributed by atoms with Crippen molar-refractivity contribution in [3.63, 3.8) is 0 Å². The van der Waals surface area contributed by atoms with Gasteiger partial charge in [-0.05, 0) is 50.8 Å². The number of hydrogen-bond donors (Lipinski definition) is 1. The topological polar surface area (TPSA) is 15.3 Å². The second kappa shape index (κ2) is 5.59. The van der Waals surface area contributed by atoms with Crippen molar-refractivity contribution in [2.75, 3.05) is 13.1 Å². The monoisotopic (exact) mass is 262 g/mol. The number of rotatable bonds is 4. The van der Waals surface area contributed by atoms with Crippen LogP contribution in [0.5, 0.6) is 0 Å². The molecule has 0 bridgehead atoms. The highest BCUT2D eigenvalue weighted by Gasteiger charge is 2.37. The predicted octanol–water partition coefficient (Wildman–Crippen LogP) is 2.58. The van der Waals surface area contributed by atoms with Gasteiger partial charge in [-0.1, -0.05) is 18.2 Å². The normalized spacial score (nSPS) is 28.5. The average Bonchev–Trinajstić information content (AvgIpc) is 2.97. The Labute approximate surface area is 115 Å². The SMILES string of the molecule is CC(Cc1ccccc1F)NC1CCN2CCCC12. The van der Waals surface area contributed by atoms with E-state index in [1.807, 2.05) is 12.1 Å². The zero-order valence-electron chi connectivity index (χ0n) is 11.6. The van der Waals surface area contributed by atoms with Gasteiger partial charge < -0.3 is 5.32 Å². The lowest BCUT2D eigenvalue weighted by Crippen LogP contribution is -2.44. The third kappa shape index (κ3) is 2.82. The summed E-state index contributed by atoms with van der Waals surface area (Å²) in [7, 11) is 0. The maximum Gasteiger partial charge on any atom is 0.126 e. The van der Waals surface area contributed by atoms with Crippen molar-refractivity contribution < 1.29 is 4.39 Å². The molecule has 3 heteroatoms. The average molecular weight is 262 g/mol.